The van der Waals surface area contributed by atoms with Gasteiger partial charge in [-0.05, 0) is 6.92 Å². The van der Waals surface area contributed by atoms with Gasteiger partial charge in [-0.15, -0.1) is 0 Å². The molecule has 0 aliphatic heterocycles. The van der Waals surface area contributed by atoms with Crippen LogP contribution in [0.3, 0.4) is 0 Å². The van der Waals surface area contributed by atoms with Crippen molar-refractivity contribution < 1.29 is 17.9 Å². The predicted molar refractivity (Wildman–Crippen MR) is 44.1 cm³/mol. The standard InChI is InChI=1S/C6H13NO4S/c1-4-11-6(8)5-12(9,10)7(2)3/h4-5H2,1-3H3. The van der Waals surface area contributed by atoms with E-state index < -0.39 is 21.7 Å². The SMILES string of the molecule is CCOC(=O)CS(=O)(=O)N(C)C. The molecule has 0 aliphatic rings. The molecular weight excluding hydrogens is 182 g/mol. The van der Waals surface area contributed by atoms with Gasteiger partial charge in [0.2, 0.25) is 10.0 Å². The molecule has 6 heteroatoms. The normalized spacial score (nSPS) is 11.7. The Bertz CT molecular complexity index is 244. The monoisotopic (exact) mass is 195 g/mol. The number of carbonyl (C=O) groups excluding carboxylic acids is 1. The van der Waals surface area contributed by atoms with E-state index in [1.165, 1.54) is 14.1 Å². The minimum Gasteiger partial charge on any atom is -0.465 e. The Morgan fingerprint density at radius 2 is 1.92 bits per heavy atom. The first-order chi connectivity index (χ1) is 5.40. The molecule has 0 atom stereocenters. The summed E-state index contributed by atoms with van der Waals surface area (Å²) in [4.78, 5) is 10.7. The summed E-state index contributed by atoms with van der Waals surface area (Å²) in [7, 11) is -0.722. The molecule has 5 nitrogen and oxygen atoms in total. The summed E-state index contributed by atoms with van der Waals surface area (Å²) in [5.74, 6) is -1.31. The summed E-state index contributed by atoms with van der Waals surface area (Å²) < 4.78 is 27.6. The van der Waals surface area contributed by atoms with Gasteiger partial charge in [-0.25, -0.2) is 12.7 Å². The minimum absolute atomic E-state index is 0.196. The second kappa shape index (κ2) is 4.42. The summed E-state index contributed by atoms with van der Waals surface area (Å²) in [6.45, 7) is 1.82. The molecule has 0 aromatic heterocycles. The molecule has 0 aliphatic carbocycles. The Morgan fingerprint density at radius 1 is 1.42 bits per heavy atom. The third-order valence-electron chi connectivity index (χ3n) is 1.16. The van der Waals surface area contributed by atoms with E-state index in [9.17, 15) is 13.2 Å². The second-order valence-corrected chi connectivity index (χ2v) is 4.53. The predicted octanol–water partition coefficient (Wildman–Crippen LogP) is -0.559. The molecule has 0 aromatic carbocycles. The van der Waals surface area contributed by atoms with Crippen LogP contribution in [-0.2, 0) is 19.6 Å². The van der Waals surface area contributed by atoms with Gasteiger partial charge < -0.3 is 4.74 Å². The summed E-state index contributed by atoms with van der Waals surface area (Å²) in [5, 5.41) is 0. The third kappa shape index (κ3) is 3.68. The van der Waals surface area contributed by atoms with Gasteiger partial charge in [0, 0.05) is 14.1 Å². The van der Waals surface area contributed by atoms with Crippen molar-refractivity contribution in [2.24, 2.45) is 0 Å². The van der Waals surface area contributed by atoms with Crippen molar-refractivity contribution in [2.75, 3.05) is 26.5 Å². The number of ether oxygens (including phenoxy) is 1. The van der Waals surface area contributed by atoms with Crippen molar-refractivity contribution in [3.8, 4) is 0 Å². The van der Waals surface area contributed by atoms with E-state index >= 15 is 0 Å². The van der Waals surface area contributed by atoms with Gasteiger partial charge >= 0.3 is 5.97 Å². The Hall–Kier alpha value is -0.620. The van der Waals surface area contributed by atoms with Gasteiger partial charge in [0.15, 0.2) is 5.75 Å². The number of hydrogen-bond donors (Lipinski definition) is 0. The van der Waals surface area contributed by atoms with E-state index in [0.29, 0.717) is 0 Å². The molecule has 0 N–H and O–H groups in total. The average Bonchev–Trinajstić information content (AvgIpc) is 1.85. The zero-order valence-electron chi connectivity index (χ0n) is 7.40. The lowest BCUT2D eigenvalue weighted by atomic mass is 10.8. The van der Waals surface area contributed by atoms with E-state index in [-0.39, 0.29) is 6.61 Å². The van der Waals surface area contributed by atoms with Crippen LogP contribution in [0.2, 0.25) is 0 Å². The fraction of sp³-hybridized carbons (Fsp3) is 0.833. The van der Waals surface area contributed by atoms with Crippen LogP contribution in [0.1, 0.15) is 6.92 Å². The van der Waals surface area contributed by atoms with Crippen molar-refractivity contribution in [3.63, 3.8) is 0 Å². The van der Waals surface area contributed by atoms with Crippen LogP contribution in [0.25, 0.3) is 0 Å². The summed E-state index contributed by atoms with van der Waals surface area (Å²) >= 11 is 0. The lowest BCUT2D eigenvalue weighted by Gasteiger charge is -2.09. The molecule has 0 saturated heterocycles. The largest absolute Gasteiger partial charge is 0.465 e. The van der Waals surface area contributed by atoms with Crippen LogP contribution in [0.15, 0.2) is 0 Å². The number of rotatable bonds is 4. The molecule has 0 unspecified atom stereocenters. The van der Waals surface area contributed by atoms with Crippen LogP contribution in [0, 0.1) is 0 Å². The molecule has 0 rings (SSSR count). The fourth-order valence-corrected chi connectivity index (χ4v) is 1.12. The molecule has 0 amide bonds. The van der Waals surface area contributed by atoms with Crippen LogP contribution in [-0.4, -0.2) is 45.1 Å². The molecule has 0 aromatic rings. The van der Waals surface area contributed by atoms with Gasteiger partial charge in [0.1, 0.15) is 0 Å². The summed E-state index contributed by atoms with van der Waals surface area (Å²) in [6.07, 6.45) is 0. The summed E-state index contributed by atoms with van der Waals surface area (Å²) in [6, 6.07) is 0. The van der Waals surface area contributed by atoms with Crippen molar-refractivity contribution in [2.45, 2.75) is 6.92 Å². The van der Waals surface area contributed by atoms with Crippen LogP contribution < -0.4 is 0 Å². The number of nitrogens with zero attached hydrogens (tertiary/aromatic N) is 1. The maximum absolute atomic E-state index is 11.0. The molecule has 0 bridgehead atoms. The topological polar surface area (TPSA) is 63.7 Å². The van der Waals surface area contributed by atoms with Crippen LogP contribution >= 0.6 is 0 Å². The third-order valence-corrected chi connectivity index (χ3v) is 2.88. The zero-order valence-corrected chi connectivity index (χ0v) is 8.22. The van der Waals surface area contributed by atoms with Crippen LogP contribution in [0.4, 0.5) is 0 Å². The highest BCUT2D eigenvalue weighted by Gasteiger charge is 2.19. The fourth-order valence-electron chi connectivity index (χ4n) is 0.481. The van der Waals surface area contributed by atoms with Crippen molar-refractivity contribution in [1.29, 1.82) is 0 Å². The lowest BCUT2D eigenvalue weighted by molar-refractivity contribution is -0.140. The average molecular weight is 195 g/mol. The van der Waals surface area contributed by atoms with Gasteiger partial charge in [-0.2, -0.15) is 0 Å². The lowest BCUT2D eigenvalue weighted by Crippen LogP contribution is -2.30. The second-order valence-electron chi connectivity index (χ2n) is 2.34. The van der Waals surface area contributed by atoms with E-state index in [4.69, 9.17) is 0 Å². The maximum atomic E-state index is 11.0. The van der Waals surface area contributed by atoms with Crippen molar-refractivity contribution in [1.82, 2.24) is 4.31 Å². The Balaban J connectivity index is 4.17. The highest BCUT2D eigenvalue weighted by Crippen LogP contribution is 1.94. The number of carbonyl (C=O) groups is 1. The van der Waals surface area contributed by atoms with E-state index in [0.717, 1.165) is 4.31 Å². The van der Waals surface area contributed by atoms with Gasteiger partial charge in [-0.1, -0.05) is 0 Å². The minimum atomic E-state index is -3.46. The molecule has 0 saturated carbocycles. The highest BCUT2D eigenvalue weighted by atomic mass is 32.2. The van der Waals surface area contributed by atoms with E-state index in [1.54, 1.807) is 6.92 Å². The Labute approximate surface area is 72.4 Å². The van der Waals surface area contributed by atoms with Crippen molar-refractivity contribution >= 4 is 16.0 Å². The maximum Gasteiger partial charge on any atom is 0.322 e. The first kappa shape index (κ1) is 11.4. The molecule has 0 spiro atoms. The van der Waals surface area contributed by atoms with Gasteiger partial charge in [0.05, 0.1) is 6.61 Å². The number of hydrogen-bond acceptors (Lipinski definition) is 4. The zero-order chi connectivity index (χ0) is 9.78. The van der Waals surface area contributed by atoms with Crippen molar-refractivity contribution in [3.05, 3.63) is 0 Å². The Kier molecular flexibility index (Phi) is 4.19. The molecule has 0 fully saturated rings. The highest BCUT2D eigenvalue weighted by molar-refractivity contribution is 7.89. The van der Waals surface area contributed by atoms with E-state index in [2.05, 4.69) is 4.74 Å². The molecule has 72 valence electrons. The first-order valence-electron chi connectivity index (χ1n) is 3.46. The molecule has 0 radical (unpaired) electrons. The smallest absolute Gasteiger partial charge is 0.322 e. The van der Waals surface area contributed by atoms with Gasteiger partial charge in [-0.3, -0.25) is 4.79 Å². The first-order valence-corrected chi connectivity index (χ1v) is 5.07. The van der Waals surface area contributed by atoms with Gasteiger partial charge in [0.25, 0.3) is 0 Å². The molecular formula is C6H13NO4S. The molecule has 0 heterocycles. The van der Waals surface area contributed by atoms with E-state index in [1.807, 2.05) is 0 Å². The summed E-state index contributed by atoms with van der Waals surface area (Å²) in [5.41, 5.74) is 0. The molecule has 12 heavy (non-hydrogen) atoms. The Morgan fingerprint density at radius 3 is 2.25 bits per heavy atom. The quantitative estimate of drug-likeness (QED) is 0.564. The number of esters is 1. The number of sulfonamides is 1. The van der Waals surface area contributed by atoms with Crippen LogP contribution in [0.5, 0.6) is 0 Å².